The normalized spacial score (nSPS) is 10.8. The Kier molecular flexibility index (Phi) is 5.60. The first kappa shape index (κ1) is 16.5. The van der Waals surface area contributed by atoms with Crippen LogP contribution in [0.3, 0.4) is 0 Å². The number of aromatic nitrogens is 2. The number of benzene rings is 1. The summed E-state index contributed by atoms with van der Waals surface area (Å²) in [4.78, 5) is 11.8. The molecule has 0 unspecified atom stereocenters. The minimum atomic E-state index is -0.196. The fraction of sp³-hybridized carbons (Fsp3) is 0.375. The zero-order valence-electron chi connectivity index (χ0n) is 13.1. The summed E-state index contributed by atoms with van der Waals surface area (Å²) < 4.78 is 1.87. The van der Waals surface area contributed by atoms with Crippen LogP contribution in [0.2, 0.25) is 0 Å². The third kappa shape index (κ3) is 4.10. The molecule has 0 atom stereocenters. The van der Waals surface area contributed by atoms with E-state index in [1.165, 1.54) is 5.56 Å². The van der Waals surface area contributed by atoms with Crippen molar-refractivity contribution in [1.29, 1.82) is 0 Å². The fourth-order valence-electron chi connectivity index (χ4n) is 2.31. The monoisotopic (exact) mass is 364 g/mol. The van der Waals surface area contributed by atoms with Gasteiger partial charge in [-0.3, -0.25) is 4.68 Å². The lowest BCUT2D eigenvalue weighted by molar-refractivity contribution is 0.250. The molecule has 0 bridgehead atoms. The van der Waals surface area contributed by atoms with Crippen molar-refractivity contribution in [3.63, 3.8) is 0 Å². The van der Waals surface area contributed by atoms with Crippen LogP contribution in [0.25, 0.3) is 11.3 Å². The highest BCUT2D eigenvalue weighted by Crippen LogP contribution is 2.26. The predicted molar refractivity (Wildman–Crippen MR) is 93.4 cm³/mol. The second-order valence-electron chi connectivity index (χ2n) is 5.41. The van der Waals surface area contributed by atoms with E-state index in [4.69, 9.17) is 0 Å². The summed E-state index contributed by atoms with van der Waals surface area (Å²) in [5.41, 5.74) is 4.07. The number of urea groups is 1. The van der Waals surface area contributed by atoms with Crippen molar-refractivity contribution in [3.8, 4) is 11.3 Å². The number of carbonyl (C=O) groups is 1. The smallest absolute Gasteiger partial charge is 0.319 e. The summed E-state index contributed by atoms with van der Waals surface area (Å²) in [6.07, 6.45) is 2.80. The average molecular weight is 365 g/mol. The summed E-state index contributed by atoms with van der Waals surface area (Å²) in [6, 6.07) is 7.72. The van der Waals surface area contributed by atoms with Gasteiger partial charge < -0.3 is 10.6 Å². The quantitative estimate of drug-likeness (QED) is 0.796. The van der Waals surface area contributed by atoms with Crippen LogP contribution in [0.15, 0.2) is 30.5 Å². The third-order valence-corrected chi connectivity index (χ3v) is 3.59. The van der Waals surface area contributed by atoms with Crippen LogP contribution in [-0.2, 0) is 13.5 Å². The molecule has 0 saturated carbocycles. The first-order valence-electron chi connectivity index (χ1n) is 7.26. The van der Waals surface area contributed by atoms with E-state index >= 15 is 0 Å². The number of hydrogen-bond donors (Lipinski definition) is 2. The van der Waals surface area contributed by atoms with Gasteiger partial charge in [-0.05, 0) is 38.0 Å². The first-order chi connectivity index (χ1) is 10.5. The molecule has 2 aromatic rings. The van der Waals surface area contributed by atoms with Crippen molar-refractivity contribution in [2.45, 2.75) is 26.3 Å². The van der Waals surface area contributed by atoms with Crippen molar-refractivity contribution >= 4 is 27.6 Å². The molecule has 0 spiro atoms. The van der Waals surface area contributed by atoms with E-state index < -0.39 is 0 Å². The molecule has 2 N–H and O–H groups in total. The molecule has 22 heavy (non-hydrogen) atoms. The molecule has 5 nitrogen and oxygen atoms in total. The fourth-order valence-corrected chi connectivity index (χ4v) is 2.74. The lowest BCUT2D eigenvalue weighted by Gasteiger charge is -2.12. The highest BCUT2D eigenvalue weighted by Gasteiger charge is 2.11. The van der Waals surface area contributed by atoms with Crippen molar-refractivity contribution < 1.29 is 4.79 Å². The number of carbonyl (C=O) groups excluding carboxylic acids is 1. The molecule has 1 aromatic carbocycles. The molecular weight excluding hydrogens is 344 g/mol. The van der Waals surface area contributed by atoms with E-state index in [0.29, 0.717) is 0 Å². The molecule has 0 radical (unpaired) electrons. The van der Waals surface area contributed by atoms with Gasteiger partial charge in [0.15, 0.2) is 0 Å². The number of nitrogens with zero attached hydrogens (tertiary/aromatic N) is 2. The predicted octanol–water partition coefficient (Wildman–Crippen LogP) is 3.55. The minimum Gasteiger partial charge on any atom is -0.336 e. The van der Waals surface area contributed by atoms with Gasteiger partial charge in [0.2, 0.25) is 0 Å². The largest absolute Gasteiger partial charge is 0.336 e. The van der Waals surface area contributed by atoms with Gasteiger partial charge >= 0.3 is 6.03 Å². The molecule has 1 aromatic heterocycles. The Balaban J connectivity index is 2.25. The summed E-state index contributed by atoms with van der Waals surface area (Å²) in [7, 11) is 1.93. The number of nitrogens with one attached hydrogen (secondary N) is 2. The standard InChI is InChI=1S/C16H21BrN4O/c1-11(2)19-16(22)20-14-6-4-5-12(9-14)15-13(7-8-17)10-18-21(15)3/h4-6,9-11H,7-8H2,1-3H3,(H2,19,20,22). The number of aryl methyl sites for hydroxylation is 2. The molecule has 6 heteroatoms. The van der Waals surface area contributed by atoms with Gasteiger partial charge in [-0.2, -0.15) is 5.10 Å². The molecule has 1 heterocycles. The Hall–Kier alpha value is -1.82. The van der Waals surface area contributed by atoms with E-state index in [1.807, 2.05) is 56.0 Å². The molecule has 0 aliphatic carbocycles. The number of anilines is 1. The van der Waals surface area contributed by atoms with Gasteiger partial charge in [0.05, 0.1) is 11.9 Å². The van der Waals surface area contributed by atoms with Gasteiger partial charge in [0.1, 0.15) is 0 Å². The SMILES string of the molecule is CC(C)NC(=O)Nc1cccc(-c2c(CCBr)cnn2C)c1. The number of rotatable bonds is 5. The number of amides is 2. The highest BCUT2D eigenvalue weighted by atomic mass is 79.9. The van der Waals surface area contributed by atoms with Crippen molar-refractivity contribution in [3.05, 3.63) is 36.0 Å². The second kappa shape index (κ2) is 7.45. The van der Waals surface area contributed by atoms with E-state index in [1.54, 1.807) is 0 Å². The van der Waals surface area contributed by atoms with Gasteiger partial charge in [0.25, 0.3) is 0 Å². The summed E-state index contributed by atoms with van der Waals surface area (Å²) in [5.74, 6) is 0. The molecule has 2 amide bonds. The van der Waals surface area contributed by atoms with Crippen LogP contribution in [0.1, 0.15) is 19.4 Å². The second-order valence-corrected chi connectivity index (χ2v) is 6.21. The van der Waals surface area contributed by atoms with Crippen molar-refractivity contribution in [2.24, 2.45) is 7.05 Å². The molecule has 0 fully saturated rings. The van der Waals surface area contributed by atoms with Crippen LogP contribution < -0.4 is 10.6 Å². The summed E-state index contributed by atoms with van der Waals surface area (Å²) in [5, 5.41) is 10.9. The Morgan fingerprint density at radius 1 is 1.41 bits per heavy atom. The Bertz CT molecular complexity index is 651. The lowest BCUT2D eigenvalue weighted by atomic mass is 10.1. The Morgan fingerprint density at radius 2 is 2.18 bits per heavy atom. The molecular formula is C16H21BrN4O. The minimum absolute atomic E-state index is 0.103. The number of hydrogen-bond acceptors (Lipinski definition) is 2. The van der Waals surface area contributed by atoms with Crippen LogP contribution >= 0.6 is 15.9 Å². The molecule has 118 valence electrons. The molecule has 2 rings (SSSR count). The van der Waals surface area contributed by atoms with E-state index in [-0.39, 0.29) is 12.1 Å². The Morgan fingerprint density at radius 3 is 2.86 bits per heavy atom. The van der Waals surface area contributed by atoms with Gasteiger partial charge in [0, 0.05) is 29.7 Å². The van der Waals surface area contributed by atoms with Crippen molar-refractivity contribution in [2.75, 3.05) is 10.6 Å². The maximum Gasteiger partial charge on any atom is 0.319 e. The zero-order valence-corrected chi connectivity index (χ0v) is 14.6. The maximum atomic E-state index is 11.8. The maximum absolute atomic E-state index is 11.8. The van der Waals surface area contributed by atoms with Gasteiger partial charge in [-0.15, -0.1) is 0 Å². The van der Waals surface area contributed by atoms with Crippen molar-refractivity contribution in [1.82, 2.24) is 15.1 Å². The van der Waals surface area contributed by atoms with Crippen LogP contribution in [-0.4, -0.2) is 27.2 Å². The molecule has 0 aliphatic rings. The molecule has 0 aliphatic heterocycles. The zero-order chi connectivity index (χ0) is 16.1. The number of alkyl halides is 1. The van der Waals surface area contributed by atoms with Crippen LogP contribution in [0, 0.1) is 0 Å². The topological polar surface area (TPSA) is 59.0 Å². The van der Waals surface area contributed by atoms with Gasteiger partial charge in [-0.1, -0.05) is 28.1 Å². The van der Waals surface area contributed by atoms with E-state index in [9.17, 15) is 4.79 Å². The summed E-state index contributed by atoms with van der Waals surface area (Å²) >= 11 is 3.47. The lowest BCUT2D eigenvalue weighted by Crippen LogP contribution is -2.34. The molecule has 0 saturated heterocycles. The third-order valence-electron chi connectivity index (χ3n) is 3.19. The van der Waals surface area contributed by atoms with Crippen LogP contribution in [0.5, 0.6) is 0 Å². The van der Waals surface area contributed by atoms with Crippen LogP contribution in [0.4, 0.5) is 10.5 Å². The average Bonchev–Trinajstić information content (AvgIpc) is 2.79. The first-order valence-corrected chi connectivity index (χ1v) is 8.38. The number of halogens is 1. The van der Waals surface area contributed by atoms with E-state index in [2.05, 4.69) is 31.7 Å². The summed E-state index contributed by atoms with van der Waals surface area (Å²) in [6.45, 7) is 3.86. The van der Waals surface area contributed by atoms with E-state index in [0.717, 1.165) is 28.7 Å². The highest BCUT2D eigenvalue weighted by molar-refractivity contribution is 9.09. The Labute approximate surface area is 139 Å². The van der Waals surface area contributed by atoms with Gasteiger partial charge in [-0.25, -0.2) is 4.79 Å².